The first-order valence-corrected chi connectivity index (χ1v) is 6.26. The van der Waals surface area contributed by atoms with E-state index < -0.39 is 10.8 Å². The van der Waals surface area contributed by atoms with Crippen molar-refractivity contribution in [2.24, 2.45) is 0 Å². The molecule has 1 rings (SSSR count). The van der Waals surface area contributed by atoms with E-state index in [9.17, 15) is 4.21 Å². The Balaban J connectivity index is 2.28. The van der Waals surface area contributed by atoms with Gasteiger partial charge in [-0.15, -0.1) is 0 Å². The summed E-state index contributed by atoms with van der Waals surface area (Å²) in [4.78, 5) is 4.22. The van der Waals surface area contributed by atoms with Crippen LogP contribution in [0.25, 0.3) is 0 Å². The Hall–Kier alpha value is -0.680. The van der Waals surface area contributed by atoms with Crippen molar-refractivity contribution in [2.75, 3.05) is 18.6 Å². The summed E-state index contributed by atoms with van der Waals surface area (Å²) < 4.78 is 16.1. The van der Waals surface area contributed by atoms with Crippen LogP contribution in [0.1, 0.15) is 17.3 Å². The van der Waals surface area contributed by atoms with Gasteiger partial charge in [-0.2, -0.15) is 0 Å². The number of oxazole rings is 1. The van der Waals surface area contributed by atoms with E-state index in [1.165, 1.54) is 0 Å². The number of aromatic nitrogens is 1. The molecule has 1 aromatic rings. The van der Waals surface area contributed by atoms with Crippen LogP contribution in [0.4, 0.5) is 0 Å². The lowest BCUT2D eigenvalue weighted by Gasteiger charge is -1.98. The third kappa shape index (κ3) is 3.59. The standard InChI is InChI=1S/C9H16N2O2S/c1-7-8(2)13-9(11-7)6-10-4-5-14(3)12/h10H,4-6H2,1-3H3. The summed E-state index contributed by atoms with van der Waals surface area (Å²) in [5, 5.41) is 3.12. The average Bonchev–Trinajstić information content (AvgIpc) is 2.40. The predicted octanol–water partition coefficient (Wildman–Crippen LogP) is 0.760. The summed E-state index contributed by atoms with van der Waals surface area (Å²) in [5.74, 6) is 2.22. The highest BCUT2D eigenvalue weighted by atomic mass is 32.2. The van der Waals surface area contributed by atoms with Crippen LogP contribution in [0.5, 0.6) is 0 Å². The summed E-state index contributed by atoms with van der Waals surface area (Å²) in [6, 6.07) is 0. The van der Waals surface area contributed by atoms with Crippen molar-refractivity contribution in [3.8, 4) is 0 Å². The van der Waals surface area contributed by atoms with Gasteiger partial charge in [0.15, 0.2) is 0 Å². The van der Waals surface area contributed by atoms with Crippen LogP contribution in [0.2, 0.25) is 0 Å². The van der Waals surface area contributed by atoms with E-state index >= 15 is 0 Å². The molecule has 0 aromatic carbocycles. The second kappa shape index (κ2) is 5.26. The lowest BCUT2D eigenvalue weighted by Crippen LogP contribution is -2.19. The minimum absolute atomic E-state index is 0.603. The van der Waals surface area contributed by atoms with E-state index in [1.807, 2.05) is 13.8 Å². The zero-order valence-electron chi connectivity index (χ0n) is 8.79. The fraction of sp³-hybridized carbons (Fsp3) is 0.667. The van der Waals surface area contributed by atoms with Crippen LogP contribution >= 0.6 is 0 Å². The first kappa shape index (κ1) is 11.4. The zero-order valence-corrected chi connectivity index (χ0v) is 9.61. The van der Waals surface area contributed by atoms with Crippen molar-refractivity contribution in [1.29, 1.82) is 0 Å². The van der Waals surface area contributed by atoms with Gasteiger partial charge in [0, 0.05) is 29.4 Å². The molecule has 0 aliphatic rings. The average molecular weight is 216 g/mol. The summed E-state index contributed by atoms with van der Waals surface area (Å²) >= 11 is 0. The van der Waals surface area contributed by atoms with E-state index in [-0.39, 0.29) is 0 Å². The molecule has 80 valence electrons. The van der Waals surface area contributed by atoms with Gasteiger partial charge < -0.3 is 9.73 Å². The summed E-state index contributed by atoms with van der Waals surface area (Å²) in [6.07, 6.45) is 1.70. The second-order valence-corrected chi connectivity index (χ2v) is 4.76. The van der Waals surface area contributed by atoms with E-state index in [2.05, 4.69) is 10.3 Å². The van der Waals surface area contributed by atoms with Gasteiger partial charge in [-0.05, 0) is 13.8 Å². The molecule has 0 aliphatic heterocycles. The molecular formula is C9H16N2O2S. The van der Waals surface area contributed by atoms with Crippen molar-refractivity contribution in [2.45, 2.75) is 20.4 Å². The molecule has 1 unspecified atom stereocenters. The lowest BCUT2D eigenvalue weighted by atomic mass is 10.4. The van der Waals surface area contributed by atoms with E-state index in [0.29, 0.717) is 18.2 Å². The largest absolute Gasteiger partial charge is 0.444 e. The summed E-state index contributed by atoms with van der Waals surface area (Å²) in [6.45, 7) is 5.14. The molecule has 0 spiro atoms. The van der Waals surface area contributed by atoms with Crippen molar-refractivity contribution in [3.63, 3.8) is 0 Å². The van der Waals surface area contributed by atoms with Crippen LogP contribution in [-0.2, 0) is 17.3 Å². The summed E-state index contributed by atoms with van der Waals surface area (Å²) in [7, 11) is -0.736. The minimum Gasteiger partial charge on any atom is -0.444 e. The Labute approximate surface area is 86.6 Å². The van der Waals surface area contributed by atoms with Crippen LogP contribution in [0.15, 0.2) is 4.42 Å². The maximum Gasteiger partial charge on any atom is 0.208 e. The molecule has 1 N–H and O–H groups in total. The van der Waals surface area contributed by atoms with Gasteiger partial charge >= 0.3 is 0 Å². The van der Waals surface area contributed by atoms with Gasteiger partial charge in [-0.1, -0.05) is 0 Å². The number of hydrogen-bond donors (Lipinski definition) is 1. The van der Waals surface area contributed by atoms with Gasteiger partial charge in [-0.3, -0.25) is 4.21 Å². The number of aryl methyl sites for hydroxylation is 2. The monoisotopic (exact) mass is 216 g/mol. The predicted molar refractivity (Wildman–Crippen MR) is 56.6 cm³/mol. The first-order valence-electron chi connectivity index (χ1n) is 4.53. The first-order chi connectivity index (χ1) is 6.59. The highest BCUT2D eigenvalue weighted by molar-refractivity contribution is 7.84. The van der Waals surface area contributed by atoms with E-state index in [1.54, 1.807) is 6.26 Å². The molecule has 0 aliphatic carbocycles. The molecular weight excluding hydrogens is 200 g/mol. The minimum atomic E-state index is -0.736. The molecule has 0 bridgehead atoms. The quantitative estimate of drug-likeness (QED) is 0.738. The molecule has 1 heterocycles. The van der Waals surface area contributed by atoms with E-state index in [4.69, 9.17) is 4.42 Å². The molecule has 1 aromatic heterocycles. The highest BCUT2D eigenvalue weighted by Crippen LogP contribution is 2.07. The normalized spacial score (nSPS) is 13.1. The molecule has 0 amide bonds. The SMILES string of the molecule is Cc1nc(CNCCS(C)=O)oc1C. The molecule has 0 saturated heterocycles. The van der Waals surface area contributed by atoms with Crippen molar-refractivity contribution < 1.29 is 8.63 Å². The lowest BCUT2D eigenvalue weighted by molar-refractivity contribution is 0.452. The zero-order chi connectivity index (χ0) is 10.6. The molecule has 4 nitrogen and oxygen atoms in total. The van der Waals surface area contributed by atoms with E-state index in [0.717, 1.165) is 18.0 Å². The number of hydrogen-bond acceptors (Lipinski definition) is 4. The van der Waals surface area contributed by atoms with Gasteiger partial charge in [-0.25, -0.2) is 4.98 Å². The van der Waals surface area contributed by atoms with Gasteiger partial charge in [0.25, 0.3) is 0 Å². The third-order valence-corrected chi connectivity index (χ3v) is 2.69. The Bertz CT molecular complexity index is 303. The fourth-order valence-corrected chi connectivity index (χ4v) is 1.46. The highest BCUT2D eigenvalue weighted by Gasteiger charge is 2.04. The van der Waals surface area contributed by atoms with Gasteiger partial charge in [0.1, 0.15) is 5.76 Å². The molecule has 14 heavy (non-hydrogen) atoms. The molecule has 0 saturated carbocycles. The summed E-state index contributed by atoms with van der Waals surface area (Å²) in [5.41, 5.74) is 0.931. The maximum absolute atomic E-state index is 10.7. The molecule has 5 heteroatoms. The Morgan fingerprint density at radius 2 is 2.21 bits per heavy atom. The third-order valence-electron chi connectivity index (χ3n) is 1.92. The van der Waals surface area contributed by atoms with Crippen molar-refractivity contribution >= 4 is 10.8 Å². The topological polar surface area (TPSA) is 55.1 Å². The fourth-order valence-electron chi connectivity index (χ4n) is 1.03. The Morgan fingerprint density at radius 1 is 1.50 bits per heavy atom. The van der Waals surface area contributed by atoms with Crippen molar-refractivity contribution in [1.82, 2.24) is 10.3 Å². The van der Waals surface area contributed by atoms with Crippen LogP contribution in [0, 0.1) is 13.8 Å². The van der Waals surface area contributed by atoms with Crippen LogP contribution in [-0.4, -0.2) is 27.7 Å². The van der Waals surface area contributed by atoms with Gasteiger partial charge in [0.2, 0.25) is 5.89 Å². The Kier molecular flexibility index (Phi) is 4.28. The number of rotatable bonds is 5. The van der Waals surface area contributed by atoms with Crippen molar-refractivity contribution in [3.05, 3.63) is 17.3 Å². The smallest absolute Gasteiger partial charge is 0.208 e. The Morgan fingerprint density at radius 3 is 2.71 bits per heavy atom. The maximum atomic E-state index is 10.7. The number of nitrogens with zero attached hydrogens (tertiary/aromatic N) is 1. The second-order valence-electron chi connectivity index (χ2n) is 3.20. The van der Waals surface area contributed by atoms with Crippen LogP contribution < -0.4 is 5.32 Å². The molecule has 1 atom stereocenters. The van der Waals surface area contributed by atoms with Gasteiger partial charge in [0.05, 0.1) is 12.2 Å². The van der Waals surface area contributed by atoms with Crippen LogP contribution in [0.3, 0.4) is 0 Å². The molecule has 0 fully saturated rings. The number of nitrogens with one attached hydrogen (secondary N) is 1. The molecule has 0 radical (unpaired) electrons.